The number of nitrogens with zero attached hydrogens (tertiary/aromatic N) is 1. The van der Waals surface area contributed by atoms with Crippen LogP contribution in [0.5, 0.6) is 5.75 Å². The van der Waals surface area contributed by atoms with Gasteiger partial charge >= 0.3 is 5.97 Å². The standard InChI is InChI=1S/C28H34N2O9/c1-5-6-7-11-15(32)39-24-16-12(2)13-9-8-10-14(31)17(13)22(33)18(16)25(35)28(38)20(24)21(30(3)4)23(34)19(26(28)36)27(29)37/h8-10,12,16,20-21,24,31,34-35,38H,5-7,11H2,1-4H3,(H2,29,37)/t12?,16?,20?,21-,24?,28-/m0/s1. The molecule has 0 aromatic heterocycles. The van der Waals surface area contributed by atoms with Gasteiger partial charge in [0.15, 0.2) is 11.4 Å². The van der Waals surface area contributed by atoms with Crippen molar-refractivity contribution in [2.45, 2.75) is 63.2 Å². The van der Waals surface area contributed by atoms with Crippen LogP contribution in [0, 0.1) is 11.8 Å². The first-order chi connectivity index (χ1) is 18.3. The Morgan fingerprint density at radius 2 is 1.79 bits per heavy atom. The van der Waals surface area contributed by atoms with Crippen LogP contribution in [0.25, 0.3) is 0 Å². The monoisotopic (exact) mass is 542 g/mol. The number of ketones is 2. The van der Waals surface area contributed by atoms with Crippen molar-refractivity contribution in [3.63, 3.8) is 0 Å². The molecule has 39 heavy (non-hydrogen) atoms. The summed E-state index contributed by atoms with van der Waals surface area (Å²) in [4.78, 5) is 54.2. The zero-order valence-electron chi connectivity index (χ0n) is 22.3. The number of rotatable bonds is 7. The fourth-order valence-electron chi connectivity index (χ4n) is 6.42. The molecule has 0 heterocycles. The van der Waals surface area contributed by atoms with Gasteiger partial charge in [-0.3, -0.25) is 24.1 Å². The second-order valence-electron chi connectivity index (χ2n) is 10.7. The average molecular weight is 543 g/mol. The maximum atomic E-state index is 13.8. The van der Waals surface area contributed by atoms with E-state index in [1.54, 1.807) is 19.1 Å². The Hall–Kier alpha value is -3.70. The van der Waals surface area contributed by atoms with E-state index in [0.29, 0.717) is 12.0 Å². The molecular weight excluding hydrogens is 508 g/mol. The molecule has 4 rings (SSSR count). The van der Waals surface area contributed by atoms with Crippen LogP contribution < -0.4 is 5.73 Å². The van der Waals surface area contributed by atoms with E-state index in [0.717, 1.165) is 12.8 Å². The molecule has 0 saturated heterocycles. The van der Waals surface area contributed by atoms with Crippen molar-refractivity contribution < 1.29 is 44.3 Å². The molecule has 6 N–H and O–H groups in total. The number of aliphatic hydroxyl groups is 3. The molecular formula is C28H34N2O9. The number of amides is 1. The third-order valence-corrected chi connectivity index (χ3v) is 8.22. The summed E-state index contributed by atoms with van der Waals surface area (Å²) >= 11 is 0. The predicted octanol–water partition coefficient (Wildman–Crippen LogP) is 1.78. The Morgan fingerprint density at radius 1 is 1.13 bits per heavy atom. The van der Waals surface area contributed by atoms with E-state index in [1.165, 1.54) is 25.1 Å². The first-order valence-corrected chi connectivity index (χ1v) is 13.0. The van der Waals surface area contributed by atoms with Crippen molar-refractivity contribution in [3.05, 3.63) is 52.0 Å². The molecule has 11 heteroatoms. The van der Waals surface area contributed by atoms with Gasteiger partial charge in [-0.1, -0.05) is 38.8 Å². The zero-order chi connectivity index (χ0) is 29.0. The van der Waals surface area contributed by atoms with Gasteiger partial charge in [-0.2, -0.15) is 0 Å². The van der Waals surface area contributed by atoms with E-state index >= 15 is 0 Å². The first-order valence-electron chi connectivity index (χ1n) is 13.0. The van der Waals surface area contributed by atoms with Crippen LogP contribution in [0.4, 0.5) is 0 Å². The van der Waals surface area contributed by atoms with Crippen LogP contribution in [0.15, 0.2) is 40.9 Å². The van der Waals surface area contributed by atoms with E-state index in [9.17, 15) is 39.6 Å². The van der Waals surface area contributed by atoms with Crippen molar-refractivity contribution in [2.24, 2.45) is 17.6 Å². The Kier molecular flexibility index (Phi) is 7.35. The number of Topliss-reactive ketones (excluding diaryl/α,β-unsaturated/α-hetero) is 2. The number of hydrogen-bond acceptors (Lipinski definition) is 10. The summed E-state index contributed by atoms with van der Waals surface area (Å²) in [6.07, 6.45) is 0.766. The van der Waals surface area contributed by atoms with Crippen LogP contribution in [-0.4, -0.2) is 80.6 Å². The third-order valence-electron chi connectivity index (χ3n) is 8.22. The first kappa shape index (κ1) is 28.3. The van der Waals surface area contributed by atoms with Crippen molar-refractivity contribution in [1.82, 2.24) is 4.90 Å². The second-order valence-corrected chi connectivity index (χ2v) is 10.7. The summed E-state index contributed by atoms with van der Waals surface area (Å²) in [7, 11) is 3.02. The summed E-state index contributed by atoms with van der Waals surface area (Å²) in [5, 5.41) is 45.1. The Bertz CT molecular complexity index is 1310. The van der Waals surface area contributed by atoms with Crippen molar-refractivity contribution in [2.75, 3.05) is 14.1 Å². The van der Waals surface area contributed by atoms with E-state index in [2.05, 4.69) is 0 Å². The maximum absolute atomic E-state index is 13.8. The summed E-state index contributed by atoms with van der Waals surface area (Å²) in [5.74, 6) is -9.56. The molecule has 4 unspecified atom stereocenters. The van der Waals surface area contributed by atoms with Gasteiger partial charge in [0.05, 0.1) is 17.5 Å². The number of phenols is 1. The number of aromatic hydroxyl groups is 1. The molecule has 3 aliphatic rings. The smallest absolute Gasteiger partial charge is 0.306 e. The molecule has 210 valence electrons. The number of nitrogens with two attached hydrogens (primary N) is 1. The number of unbranched alkanes of at least 4 members (excludes halogenated alkanes) is 2. The largest absolute Gasteiger partial charge is 0.510 e. The zero-order valence-corrected chi connectivity index (χ0v) is 22.3. The molecule has 0 spiro atoms. The number of carbonyl (C=O) groups excluding carboxylic acids is 4. The molecule has 1 aromatic rings. The molecule has 0 aliphatic heterocycles. The number of phenolic OH excluding ortho intramolecular Hbond substituents is 1. The van der Waals surface area contributed by atoms with Crippen molar-refractivity contribution in [1.29, 1.82) is 0 Å². The minimum atomic E-state index is -2.94. The number of carbonyl (C=O) groups is 4. The molecule has 1 aromatic carbocycles. The predicted molar refractivity (Wildman–Crippen MR) is 138 cm³/mol. The highest BCUT2D eigenvalue weighted by molar-refractivity contribution is 6.25. The minimum absolute atomic E-state index is 0.0296. The molecule has 6 atom stereocenters. The van der Waals surface area contributed by atoms with Gasteiger partial charge in [0.1, 0.15) is 28.9 Å². The Labute approximate surface area is 225 Å². The highest BCUT2D eigenvalue weighted by Crippen LogP contribution is 2.56. The van der Waals surface area contributed by atoms with Crippen molar-refractivity contribution >= 4 is 23.4 Å². The van der Waals surface area contributed by atoms with E-state index in [1.807, 2.05) is 6.92 Å². The van der Waals surface area contributed by atoms with Crippen LogP contribution in [0.3, 0.4) is 0 Å². The van der Waals surface area contributed by atoms with Gasteiger partial charge in [-0.25, -0.2) is 0 Å². The number of benzene rings is 1. The lowest BCUT2D eigenvalue weighted by Crippen LogP contribution is -2.69. The Morgan fingerprint density at radius 3 is 2.38 bits per heavy atom. The van der Waals surface area contributed by atoms with Crippen LogP contribution in [-0.2, 0) is 19.1 Å². The van der Waals surface area contributed by atoms with E-state index < -0.39 is 81.6 Å². The van der Waals surface area contributed by atoms with Crippen LogP contribution >= 0.6 is 0 Å². The fourth-order valence-corrected chi connectivity index (χ4v) is 6.42. The molecule has 3 aliphatic carbocycles. The highest BCUT2D eigenvalue weighted by atomic mass is 16.5. The SMILES string of the molecule is CCCCCC(=O)OC1C2C(=C(O)[C@]3(O)C(=O)C(C(N)=O)=C(O)[C@@H](N(C)C)C13)C(=O)c1c(O)cccc1C2C. The summed E-state index contributed by atoms with van der Waals surface area (Å²) < 4.78 is 5.94. The Balaban J connectivity index is 2.02. The van der Waals surface area contributed by atoms with E-state index in [4.69, 9.17) is 10.5 Å². The number of esters is 1. The molecule has 0 fully saturated rings. The topological polar surface area (TPSA) is 188 Å². The average Bonchev–Trinajstić information content (AvgIpc) is 2.85. The van der Waals surface area contributed by atoms with Gasteiger partial charge < -0.3 is 30.9 Å². The fraction of sp³-hybridized carbons (Fsp3) is 0.500. The molecule has 0 radical (unpaired) electrons. The van der Waals surface area contributed by atoms with Gasteiger partial charge in [0.2, 0.25) is 5.78 Å². The number of aliphatic hydroxyl groups excluding tert-OH is 2. The molecule has 1 amide bonds. The number of primary amides is 1. The molecule has 11 nitrogen and oxygen atoms in total. The minimum Gasteiger partial charge on any atom is -0.510 e. The normalized spacial score (nSPS) is 30.2. The second kappa shape index (κ2) is 10.1. The highest BCUT2D eigenvalue weighted by Gasteiger charge is 2.68. The third kappa shape index (κ3) is 4.11. The number of likely N-dealkylation sites (N-methyl/N-ethyl adjacent to an activating group) is 1. The van der Waals surface area contributed by atoms with Crippen molar-refractivity contribution in [3.8, 4) is 5.75 Å². The maximum Gasteiger partial charge on any atom is 0.306 e. The van der Waals surface area contributed by atoms with Gasteiger partial charge in [0.25, 0.3) is 5.91 Å². The lowest BCUT2D eigenvalue weighted by atomic mass is 9.55. The quantitative estimate of drug-likeness (QED) is 0.193. The van der Waals surface area contributed by atoms with E-state index in [-0.39, 0.29) is 17.7 Å². The summed E-state index contributed by atoms with van der Waals surface area (Å²) in [5.41, 5.74) is 1.44. The lowest BCUT2D eigenvalue weighted by Gasteiger charge is -2.54. The lowest BCUT2D eigenvalue weighted by molar-refractivity contribution is -0.181. The van der Waals surface area contributed by atoms with Crippen LogP contribution in [0.1, 0.15) is 61.4 Å². The molecule has 0 saturated carbocycles. The summed E-state index contributed by atoms with van der Waals surface area (Å²) in [6, 6.07) is 3.18. The number of hydrogen-bond donors (Lipinski definition) is 5. The van der Waals surface area contributed by atoms with Gasteiger partial charge in [-0.15, -0.1) is 0 Å². The van der Waals surface area contributed by atoms with Crippen LogP contribution in [0.2, 0.25) is 0 Å². The molecule has 0 bridgehead atoms. The summed E-state index contributed by atoms with van der Waals surface area (Å²) in [6.45, 7) is 3.68. The van der Waals surface area contributed by atoms with Gasteiger partial charge in [-0.05, 0) is 38.1 Å². The van der Waals surface area contributed by atoms with Gasteiger partial charge in [0, 0.05) is 17.9 Å². The number of fused-ring (bicyclic) bond motifs is 3. The number of ether oxygens (including phenoxy) is 1.